The third-order valence-electron chi connectivity index (χ3n) is 2.54. The van der Waals surface area contributed by atoms with E-state index in [1.165, 1.54) is 14.2 Å². The van der Waals surface area contributed by atoms with Gasteiger partial charge in [-0.25, -0.2) is 0 Å². The fraction of sp³-hybridized carbons (Fsp3) is 0.900. The minimum atomic E-state index is -0.412. The van der Waals surface area contributed by atoms with E-state index in [4.69, 9.17) is 14.2 Å². The third-order valence-corrected chi connectivity index (χ3v) is 2.54. The van der Waals surface area contributed by atoms with E-state index in [0.29, 0.717) is 6.54 Å². The highest BCUT2D eigenvalue weighted by Gasteiger charge is 2.32. The first-order valence-electron chi connectivity index (χ1n) is 5.26. The van der Waals surface area contributed by atoms with Crippen LogP contribution in [0.2, 0.25) is 0 Å². The lowest BCUT2D eigenvalue weighted by molar-refractivity contribution is -0.140. The number of hydrogen-bond acceptors (Lipinski definition) is 5. The van der Waals surface area contributed by atoms with Crippen LogP contribution >= 0.6 is 0 Å². The van der Waals surface area contributed by atoms with E-state index in [2.05, 4.69) is 10.6 Å². The molecule has 1 rings (SSSR count). The summed E-state index contributed by atoms with van der Waals surface area (Å²) in [5, 5.41) is 5.77. The molecule has 6 nitrogen and oxygen atoms in total. The molecule has 1 heterocycles. The smallest absolute Gasteiger partial charge is 0.246 e. The van der Waals surface area contributed by atoms with Gasteiger partial charge in [-0.2, -0.15) is 0 Å². The van der Waals surface area contributed by atoms with E-state index in [0.717, 1.165) is 13.1 Å². The molecule has 0 aliphatic carbocycles. The fourth-order valence-electron chi connectivity index (χ4n) is 1.33. The van der Waals surface area contributed by atoms with E-state index >= 15 is 0 Å². The Morgan fingerprint density at radius 2 is 2.06 bits per heavy atom. The van der Waals surface area contributed by atoms with Crippen LogP contribution in [0.5, 0.6) is 0 Å². The number of methoxy groups -OCH3 is 2. The Morgan fingerprint density at radius 3 is 2.50 bits per heavy atom. The maximum atomic E-state index is 11.4. The molecule has 1 amide bonds. The third kappa shape index (κ3) is 4.05. The first-order chi connectivity index (χ1) is 7.59. The van der Waals surface area contributed by atoms with Gasteiger partial charge in [0.25, 0.3) is 0 Å². The second-order valence-electron chi connectivity index (χ2n) is 4.05. The van der Waals surface area contributed by atoms with Crippen LogP contribution in [-0.4, -0.2) is 58.3 Å². The largest absolute Gasteiger partial charge is 0.363 e. The van der Waals surface area contributed by atoms with Crippen molar-refractivity contribution in [2.75, 3.05) is 40.5 Å². The highest BCUT2D eigenvalue weighted by Crippen LogP contribution is 2.14. The lowest BCUT2D eigenvalue weighted by Crippen LogP contribution is -2.59. The van der Waals surface area contributed by atoms with Gasteiger partial charge in [0.1, 0.15) is 6.61 Å². The number of hydrogen-bond donors (Lipinski definition) is 2. The topological polar surface area (TPSA) is 68.8 Å². The van der Waals surface area contributed by atoms with Gasteiger partial charge in [-0.3, -0.25) is 4.79 Å². The summed E-state index contributed by atoms with van der Waals surface area (Å²) in [4.78, 5) is 11.4. The summed E-state index contributed by atoms with van der Waals surface area (Å²) in [5.74, 6) is -0.160. The molecule has 0 unspecified atom stereocenters. The second-order valence-corrected chi connectivity index (χ2v) is 4.05. The summed E-state index contributed by atoms with van der Waals surface area (Å²) in [6, 6.07) is 0. The van der Waals surface area contributed by atoms with Crippen molar-refractivity contribution in [1.82, 2.24) is 10.6 Å². The van der Waals surface area contributed by atoms with Crippen molar-refractivity contribution in [3.05, 3.63) is 0 Å². The van der Waals surface area contributed by atoms with E-state index in [9.17, 15) is 4.79 Å². The number of carbonyl (C=O) groups excluding carboxylic acids is 1. The van der Waals surface area contributed by atoms with Gasteiger partial charge in [-0.1, -0.05) is 0 Å². The maximum Gasteiger partial charge on any atom is 0.246 e. The number of carbonyl (C=O) groups is 1. The van der Waals surface area contributed by atoms with Crippen LogP contribution in [0.1, 0.15) is 6.92 Å². The number of amides is 1. The summed E-state index contributed by atoms with van der Waals surface area (Å²) >= 11 is 0. The van der Waals surface area contributed by atoms with E-state index in [1.54, 1.807) is 0 Å². The fourth-order valence-corrected chi connectivity index (χ4v) is 1.33. The van der Waals surface area contributed by atoms with Crippen LogP contribution < -0.4 is 10.6 Å². The van der Waals surface area contributed by atoms with Gasteiger partial charge in [0.2, 0.25) is 5.91 Å². The van der Waals surface area contributed by atoms with Gasteiger partial charge >= 0.3 is 0 Å². The summed E-state index contributed by atoms with van der Waals surface area (Å²) in [5.41, 5.74) is -0.195. The molecule has 0 aromatic heterocycles. The Balaban J connectivity index is 2.10. The van der Waals surface area contributed by atoms with Gasteiger partial charge in [-0.05, 0) is 6.92 Å². The molecule has 16 heavy (non-hydrogen) atoms. The lowest BCUT2D eigenvalue weighted by atomic mass is 10.0. The van der Waals surface area contributed by atoms with Crippen molar-refractivity contribution in [1.29, 1.82) is 0 Å². The van der Waals surface area contributed by atoms with Crippen LogP contribution in [0.25, 0.3) is 0 Å². The van der Waals surface area contributed by atoms with Crippen molar-refractivity contribution < 1.29 is 19.0 Å². The normalized spacial score (nSPS) is 18.2. The van der Waals surface area contributed by atoms with Crippen LogP contribution in [-0.2, 0) is 19.0 Å². The summed E-state index contributed by atoms with van der Waals surface area (Å²) in [6.45, 7) is 3.95. The van der Waals surface area contributed by atoms with E-state index < -0.39 is 6.29 Å². The molecule has 1 saturated heterocycles. The molecular weight excluding hydrogens is 212 g/mol. The Bertz CT molecular complexity index is 227. The average Bonchev–Trinajstić information content (AvgIpc) is 2.25. The van der Waals surface area contributed by atoms with Crippen LogP contribution in [0.15, 0.2) is 0 Å². The zero-order chi connectivity index (χ0) is 12.0. The van der Waals surface area contributed by atoms with Crippen molar-refractivity contribution >= 4 is 5.91 Å². The zero-order valence-electron chi connectivity index (χ0n) is 10.0. The molecule has 1 aliphatic rings. The number of nitrogens with one attached hydrogen (secondary N) is 2. The molecule has 0 atom stereocenters. The average molecular weight is 232 g/mol. The monoisotopic (exact) mass is 232 g/mol. The summed E-state index contributed by atoms with van der Waals surface area (Å²) in [6.07, 6.45) is -0.412. The maximum absolute atomic E-state index is 11.4. The molecular formula is C10H20N2O4. The number of ether oxygens (including phenoxy) is 3. The predicted molar refractivity (Wildman–Crippen MR) is 58.0 cm³/mol. The minimum absolute atomic E-state index is 0.0678. The predicted octanol–water partition coefficient (Wildman–Crippen LogP) is -0.900. The van der Waals surface area contributed by atoms with Gasteiger partial charge in [0, 0.05) is 27.3 Å². The van der Waals surface area contributed by atoms with Crippen molar-refractivity contribution in [3.63, 3.8) is 0 Å². The minimum Gasteiger partial charge on any atom is -0.363 e. The molecule has 0 saturated carbocycles. The van der Waals surface area contributed by atoms with Crippen molar-refractivity contribution in [3.8, 4) is 0 Å². The molecule has 0 spiro atoms. The molecule has 0 bridgehead atoms. The van der Waals surface area contributed by atoms with Crippen LogP contribution in [0, 0.1) is 0 Å². The summed E-state index contributed by atoms with van der Waals surface area (Å²) in [7, 11) is 3.05. The first-order valence-corrected chi connectivity index (χ1v) is 5.26. The Hall–Kier alpha value is -0.690. The van der Waals surface area contributed by atoms with Gasteiger partial charge in [0.05, 0.1) is 12.1 Å². The molecule has 1 fully saturated rings. The number of rotatable bonds is 7. The standard InChI is InChI=1S/C10H20N2O4/c1-10(6-11-7-10)16-5-8(13)12-4-9(14-2)15-3/h9,11H,4-7H2,1-3H3,(H,12,13). The van der Waals surface area contributed by atoms with Crippen molar-refractivity contribution in [2.24, 2.45) is 0 Å². The molecule has 6 heteroatoms. The van der Waals surface area contributed by atoms with Crippen LogP contribution in [0.3, 0.4) is 0 Å². The molecule has 0 radical (unpaired) electrons. The van der Waals surface area contributed by atoms with Gasteiger partial charge < -0.3 is 24.8 Å². The molecule has 1 aliphatic heterocycles. The first kappa shape index (κ1) is 13.4. The van der Waals surface area contributed by atoms with Crippen LogP contribution in [0.4, 0.5) is 0 Å². The molecule has 0 aromatic rings. The van der Waals surface area contributed by atoms with E-state index in [1.807, 2.05) is 6.92 Å². The summed E-state index contributed by atoms with van der Waals surface area (Å²) < 4.78 is 15.4. The quantitative estimate of drug-likeness (QED) is 0.557. The highest BCUT2D eigenvalue weighted by molar-refractivity contribution is 5.77. The molecule has 2 N–H and O–H groups in total. The lowest BCUT2D eigenvalue weighted by Gasteiger charge is -2.38. The Labute approximate surface area is 95.6 Å². The van der Waals surface area contributed by atoms with Gasteiger partial charge in [0.15, 0.2) is 6.29 Å². The Morgan fingerprint density at radius 1 is 1.44 bits per heavy atom. The zero-order valence-corrected chi connectivity index (χ0v) is 10.0. The second kappa shape index (κ2) is 6.15. The van der Waals surface area contributed by atoms with Gasteiger partial charge in [-0.15, -0.1) is 0 Å². The van der Waals surface area contributed by atoms with E-state index in [-0.39, 0.29) is 18.1 Å². The molecule has 0 aromatic carbocycles. The SMILES string of the molecule is COC(CNC(=O)COC1(C)CNC1)OC. The Kier molecular flexibility index (Phi) is 5.14. The highest BCUT2D eigenvalue weighted by atomic mass is 16.7. The molecule has 94 valence electrons. The van der Waals surface area contributed by atoms with Crippen molar-refractivity contribution in [2.45, 2.75) is 18.8 Å².